The van der Waals surface area contributed by atoms with E-state index in [9.17, 15) is 18.0 Å². The van der Waals surface area contributed by atoms with Crippen LogP contribution >= 0.6 is 0 Å². The maximum absolute atomic E-state index is 12.8. The highest BCUT2D eigenvalue weighted by molar-refractivity contribution is 5.77. The Balaban J connectivity index is 1.36. The van der Waals surface area contributed by atoms with E-state index in [0.717, 1.165) is 48.9 Å². The van der Waals surface area contributed by atoms with Gasteiger partial charge in [-0.15, -0.1) is 0 Å². The summed E-state index contributed by atoms with van der Waals surface area (Å²) >= 11 is 0. The third-order valence-corrected chi connectivity index (χ3v) is 6.01. The van der Waals surface area contributed by atoms with Gasteiger partial charge in [-0.2, -0.15) is 18.3 Å². The van der Waals surface area contributed by atoms with Crippen molar-refractivity contribution in [2.75, 3.05) is 0 Å². The Morgan fingerprint density at radius 2 is 1.75 bits per heavy atom. The molecule has 1 aromatic carbocycles. The number of rotatable bonds is 4. The molecular weight excluding hydrogens is 367 g/mol. The summed E-state index contributed by atoms with van der Waals surface area (Å²) in [7, 11) is 0. The number of hydrogen-bond donors (Lipinski definition) is 0. The number of amides is 1. The Labute approximate surface area is 162 Å². The zero-order chi connectivity index (χ0) is 19.9. The molecule has 2 unspecified atom stereocenters. The van der Waals surface area contributed by atoms with E-state index in [2.05, 4.69) is 11.3 Å². The summed E-state index contributed by atoms with van der Waals surface area (Å²) in [6.07, 6.45) is 4.29. The predicted molar refractivity (Wildman–Crippen MR) is 98.7 cm³/mol. The smallest absolute Gasteiger partial charge is 0.337 e. The Kier molecular flexibility index (Phi) is 4.93. The van der Waals surface area contributed by atoms with E-state index in [1.807, 2.05) is 22.7 Å². The molecule has 2 saturated heterocycles. The maximum Gasteiger partial charge on any atom is 0.416 e. The lowest BCUT2D eigenvalue weighted by atomic mass is 9.96. The molecule has 0 radical (unpaired) electrons. The molecule has 4 rings (SSSR count). The van der Waals surface area contributed by atoms with Crippen LogP contribution in [0.1, 0.15) is 54.8 Å². The van der Waals surface area contributed by atoms with Crippen LogP contribution in [0.3, 0.4) is 0 Å². The second-order valence-corrected chi connectivity index (χ2v) is 8.00. The number of benzene rings is 1. The van der Waals surface area contributed by atoms with Gasteiger partial charge >= 0.3 is 6.18 Å². The van der Waals surface area contributed by atoms with Crippen LogP contribution in [0.2, 0.25) is 0 Å². The highest BCUT2D eigenvalue weighted by Crippen LogP contribution is 2.41. The van der Waals surface area contributed by atoms with Gasteiger partial charge in [-0.25, -0.2) is 0 Å². The Morgan fingerprint density at radius 1 is 1.11 bits per heavy atom. The van der Waals surface area contributed by atoms with Gasteiger partial charge in [0.05, 0.1) is 17.8 Å². The van der Waals surface area contributed by atoms with Gasteiger partial charge in [-0.1, -0.05) is 12.1 Å². The molecule has 0 spiro atoms. The van der Waals surface area contributed by atoms with Gasteiger partial charge in [-0.3, -0.25) is 9.48 Å². The molecule has 2 aliphatic heterocycles. The minimum atomic E-state index is -4.33. The maximum atomic E-state index is 12.8. The third-order valence-electron chi connectivity index (χ3n) is 6.01. The third kappa shape index (κ3) is 3.80. The molecule has 150 valence electrons. The van der Waals surface area contributed by atoms with Crippen molar-refractivity contribution in [3.05, 3.63) is 53.3 Å². The number of aromatic nitrogens is 2. The van der Waals surface area contributed by atoms with Crippen molar-refractivity contribution in [2.45, 2.75) is 69.8 Å². The molecular formula is C21H24F3N3O. The fraction of sp³-hybridized carbons (Fsp3) is 0.524. The van der Waals surface area contributed by atoms with E-state index in [1.54, 1.807) is 0 Å². The van der Waals surface area contributed by atoms with Crippen molar-refractivity contribution >= 4 is 5.91 Å². The van der Waals surface area contributed by atoms with Crippen molar-refractivity contribution in [1.29, 1.82) is 0 Å². The molecule has 2 atom stereocenters. The van der Waals surface area contributed by atoms with E-state index in [0.29, 0.717) is 18.9 Å². The van der Waals surface area contributed by atoms with Gasteiger partial charge < -0.3 is 4.90 Å². The van der Waals surface area contributed by atoms with Crippen LogP contribution in [0.4, 0.5) is 13.2 Å². The number of carbonyl (C=O) groups is 1. The lowest BCUT2D eigenvalue weighted by molar-refractivity contribution is -0.138. The zero-order valence-electron chi connectivity index (χ0n) is 15.8. The minimum Gasteiger partial charge on any atom is -0.337 e. The SMILES string of the molecule is Cc1cnn(C2CC3CCC(C2)N3C(=O)CCc2ccc(C(F)(F)F)cc2)c1. The van der Waals surface area contributed by atoms with Crippen LogP contribution in [0.5, 0.6) is 0 Å². The topological polar surface area (TPSA) is 38.1 Å². The van der Waals surface area contributed by atoms with E-state index >= 15 is 0 Å². The number of fused-ring (bicyclic) bond motifs is 2. The zero-order valence-corrected chi connectivity index (χ0v) is 15.8. The van der Waals surface area contributed by atoms with Crippen LogP contribution < -0.4 is 0 Å². The van der Waals surface area contributed by atoms with Gasteiger partial charge in [0.15, 0.2) is 0 Å². The highest BCUT2D eigenvalue weighted by atomic mass is 19.4. The van der Waals surface area contributed by atoms with E-state index in [-0.39, 0.29) is 18.0 Å². The molecule has 28 heavy (non-hydrogen) atoms. The van der Waals surface area contributed by atoms with Crippen molar-refractivity contribution in [2.24, 2.45) is 0 Å². The average Bonchev–Trinajstić information content (AvgIpc) is 3.20. The molecule has 7 heteroatoms. The van der Waals surface area contributed by atoms with Gasteiger partial charge in [0.2, 0.25) is 5.91 Å². The molecule has 3 heterocycles. The molecule has 0 aliphatic carbocycles. The lowest BCUT2D eigenvalue weighted by Crippen LogP contribution is -2.47. The van der Waals surface area contributed by atoms with E-state index in [1.165, 1.54) is 12.1 Å². The Morgan fingerprint density at radius 3 is 2.29 bits per heavy atom. The predicted octanol–water partition coefficient (Wildman–Crippen LogP) is 4.54. The minimum absolute atomic E-state index is 0.113. The van der Waals surface area contributed by atoms with E-state index in [4.69, 9.17) is 0 Å². The molecule has 4 nitrogen and oxygen atoms in total. The summed E-state index contributed by atoms with van der Waals surface area (Å²) in [6.45, 7) is 2.03. The van der Waals surface area contributed by atoms with Crippen molar-refractivity contribution in [1.82, 2.24) is 14.7 Å². The van der Waals surface area contributed by atoms with Crippen molar-refractivity contribution < 1.29 is 18.0 Å². The van der Waals surface area contributed by atoms with Crippen molar-refractivity contribution in [3.63, 3.8) is 0 Å². The first-order chi connectivity index (χ1) is 13.3. The van der Waals surface area contributed by atoms with Crippen molar-refractivity contribution in [3.8, 4) is 0 Å². The quantitative estimate of drug-likeness (QED) is 0.768. The average molecular weight is 391 g/mol. The number of halogens is 3. The molecule has 0 saturated carbocycles. The summed E-state index contributed by atoms with van der Waals surface area (Å²) in [5.41, 5.74) is 1.24. The van der Waals surface area contributed by atoms with Gasteiger partial charge in [0.25, 0.3) is 0 Å². The number of hydrogen-bond acceptors (Lipinski definition) is 2. The molecule has 1 amide bonds. The fourth-order valence-corrected chi connectivity index (χ4v) is 4.65. The van der Waals surface area contributed by atoms with Gasteiger partial charge in [0.1, 0.15) is 0 Å². The van der Waals surface area contributed by atoms with Crippen LogP contribution in [0.15, 0.2) is 36.7 Å². The van der Waals surface area contributed by atoms with E-state index < -0.39 is 11.7 Å². The van der Waals surface area contributed by atoms with Crippen LogP contribution in [-0.2, 0) is 17.4 Å². The number of aryl methyl sites for hydroxylation is 2. The summed E-state index contributed by atoms with van der Waals surface area (Å²) in [5.74, 6) is 0.113. The number of alkyl halides is 3. The number of carbonyl (C=O) groups excluding carboxylic acids is 1. The first-order valence-electron chi connectivity index (χ1n) is 9.79. The summed E-state index contributed by atoms with van der Waals surface area (Å²) < 4.78 is 40.0. The number of nitrogens with zero attached hydrogens (tertiary/aromatic N) is 3. The van der Waals surface area contributed by atoms with Gasteiger partial charge in [-0.05, 0) is 62.3 Å². The molecule has 2 aliphatic rings. The highest BCUT2D eigenvalue weighted by Gasteiger charge is 2.43. The first-order valence-corrected chi connectivity index (χ1v) is 9.79. The number of piperidine rings is 1. The van der Waals surface area contributed by atoms with Crippen LogP contribution in [0.25, 0.3) is 0 Å². The first kappa shape index (κ1) is 19.0. The summed E-state index contributed by atoms with van der Waals surface area (Å²) in [6, 6.07) is 5.93. The molecule has 2 aromatic rings. The molecule has 2 bridgehead atoms. The second-order valence-electron chi connectivity index (χ2n) is 8.00. The standard InChI is InChI=1S/C21H24F3N3O/c1-14-12-25-26(13-14)19-10-17-7-8-18(11-19)27(17)20(28)9-4-15-2-5-16(6-3-15)21(22,23)24/h2-3,5-6,12-13,17-19H,4,7-11H2,1H3. The monoisotopic (exact) mass is 391 g/mol. The largest absolute Gasteiger partial charge is 0.416 e. The van der Waals surface area contributed by atoms with Gasteiger partial charge in [0, 0.05) is 24.7 Å². The summed E-state index contributed by atoms with van der Waals surface area (Å²) in [5, 5.41) is 4.44. The van der Waals surface area contributed by atoms with Crippen LogP contribution in [-0.4, -0.2) is 32.7 Å². The molecule has 0 N–H and O–H groups in total. The normalized spacial score (nSPS) is 24.6. The lowest BCUT2D eigenvalue weighted by Gasteiger charge is -2.39. The Hall–Kier alpha value is -2.31. The summed E-state index contributed by atoms with van der Waals surface area (Å²) in [4.78, 5) is 14.9. The van der Waals surface area contributed by atoms with Crippen LogP contribution in [0, 0.1) is 6.92 Å². The second kappa shape index (κ2) is 7.26. The Bertz CT molecular complexity index is 829. The fourth-order valence-electron chi connectivity index (χ4n) is 4.65. The molecule has 1 aromatic heterocycles. The molecule has 2 fully saturated rings.